The van der Waals surface area contributed by atoms with Crippen molar-refractivity contribution in [3.8, 4) is 0 Å². The average Bonchev–Trinajstić information content (AvgIpc) is 2.38. The number of hydrogen-bond acceptors (Lipinski definition) is 1. The Morgan fingerprint density at radius 3 is 1.65 bits per heavy atom. The van der Waals surface area contributed by atoms with Crippen LogP contribution in [0.2, 0.25) is 5.02 Å². The van der Waals surface area contributed by atoms with Gasteiger partial charge >= 0.3 is 6.18 Å². The molecule has 0 radical (unpaired) electrons. The number of aliphatic hydroxyl groups is 1. The molecule has 2 aromatic rings. The highest BCUT2D eigenvalue weighted by atomic mass is 79.9. The summed E-state index contributed by atoms with van der Waals surface area (Å²) in [4.78, 5) is 0. The second kappa shape index (κ2) is 5.39. The summed E-state index contributed by atoms with van der Waals surface area (Å²) in [5, 5.41) is 10.6. The van der Waals surface area contributed by atoms with E-state index in [1.807, 2.05) is 0 Å². The van der Waals surface area contributed by atoms with Gasteiger partial charge in [-0.25, -0.2) is 0 Å². The fourth-order valence-electron chi connectivity index (χ4n) is 1.88. The fourth-order valence-corrected chi connectivity index (χ4v) is 2.27. The van der Waals surface area contributed by atoms with E-state index in [1.165, 1.54) is 36.4 Å². The van der Waals surface area contributed by atoms with Gasteiger partial charge in [0.1, 0.15) is 0 Å². The van der Waals surface area contributed by atoms with Crippen molar-refractivity contribution in [1.29, 1.82) is 0 Å². The Morgan fingerprint density at radius 1 is 0.850 bits per heavy atom. The first kappa shape index (κ1) is 15.4. The molecule has 0 fully saturated rings. The van der Waals surface area contributed by atoms with Crippen molar-refractivity contribution in [2.24, 2.45) is 0 Å². The summed E-state index contributed by atoms with van der Waals surface area (Å²) in [7, 11) is 0. The largest absolute Gasteiger partial charge is 0.425 e. The van der Waals surface area contributed by atoms with Gasteiger partial charge in [-0.15, -0.1) is 0 Å². The van der Waals surface area contributed by atoms with E-state index in [1.54, 1.807) is 0 Å². The third-order valence-corrected chi connectivity index (χ3v) is 3.71. The highest BCUT2D eigenvalue weighted by Crippen LogP contribution is 2.44. The molecule has 0 saturated carbocycles. The summed E-state index contributed by atoms with van der Waals surface area (Å²) in [6.45, 7) is 0. The van der Waals surface area contributed by atoms with Crippen molar-refractivity contribution >= 4 is 27.5 Å². The Kier molecular flexibility index (Phi) is 4.14. The molecule has 106 valence electrons. The number of alkyl halides is 3. The van der Waals surface area contributed by atoms with Crippen LogP contribution >= 0.6 is 27.5 Å². The summed E-state index contributed by atoms with van der Waals surface area (Å²) in [6.07, 6.45) is -4.85. The number of hydrogen-bond donors (Lipinski definition) is 1. The molecule has 2 rings (SSSR count). The molecule has 0 aliphatic rings. The molecule has 6 heteroatoms. The molecule has 0 unspecified atom stereocenters. The van der Waals surface area contributed by atoms with Crippen LogP contribution in [0.15, 0.2) is 53.0 Å². The van der Waals surface area contributed by atoms with Crippen LogP contribution < -0.4 is 0 Å². The zero-order valence-electron chi connectivity index (χ0n) is 9.96. The lowest BCUT2D eigenvalue weighted by molar-refractivity contribution is -0.248. The molecule has 1 atom stereocenters. The normalized spacial score (nSPS) is 14.9. The van der Waals surface area contributed by atoms with Gasteiger partial charge in [0.25, 0.3) is 0 Å². The first-order chi connectivity index (χ1) is 9.25. The lowest BCUT2D eigenvalue weighted by Gasteiger charge is -2.31. The second-order valence-corrected chi connectivity index (χ2v) is 5.57. The summed E-state index contributed by atoms with van der Waals surface area (Å²) in [6, 6.07) is 10.3. The van der Waals surface area contributed by atoms with Crippen LogP contribution in [0.5, 0.6) is 0 Å². The maximum atomic E-state index is 13.4. The third-order valence-electron chi connectivity index (χ3n) is 2.93. The molecule has 0 heterocycles. The van der Waals surface area contributed by atoms with Crippen molar-refractivity contribution in [1.82, 2.24) is 0 Å². The van der Waals surface area contributed by atoms with E-state index in [0.717, 1.165) is 12.1 Å². The van der Waals surface area contributed by atoms with Crippen molar-refractivity contribution in [3.05, 3.63) is 69.2 Å². The molecule has 0 aromatic heterocycles. The Labute approximate surface area is 127 Å². The van der Waals surface area contributed by atoms with Gasteiger partial charge in [-0.05, 0) is 35.4 Å². The van der Waals surface area contributed by atoms with E-state index in [-0.39, 0.29) is 11.1 Å². The average molecular weight is 366 g/mol. The number of rotatable bonds is 2. The molecule has 1 nitrogen and oxygen atoms in total. The predicted octanol–water partition coefficient (Wildman–Crippen LogP) is 4.90. The van der Waals surface area contributed by atoms with Crippen LogP contribution in [0.1, 0.15) is 11.1 Å². The van der Waals surface area contributed by atoms with E-state index in [0.29, 0.717) is 9.50 Å². The van der Waals surface area contributed by atoms with E-state index in [2.05, 4.69) is 15.9 Å². The lowest BCUT2D eigenvalue weighted by Crippen LogP contribution is -2.43. The highest BCUT2D eigenvalue weighted by molar-refractivity contribution is 9.10. The standard InChI is InChI=1S/C14H9BrClF3O/c15-11-5-1-9(2-6-11)13(20,14(17,18)19)10-3-7-12(16)8-4-10/h1-8,20H/t13-/m0/s1. The van der Waals surface area contributed by atoms with Crippen molar-refractivity contribution < 1.29 is 18.3 Å². The minimum atomic E-state index is -4.85. The fraction of sp³-hybridized carbons (Fsp3) is 0.143. The minimum absolute atomic E-state index is 0.254. The van der Waals surface area contributed by atoms with Crippen LogP contribution in [-0.4, -0.2) is 11.3 Å². The van der Waals surface area contributed by atoms with E-state index in [4.69, 9.17) is 11.6 Å². The summed E-state index contributed by atoms with van der Waals surface area (Å²) < 4.78 is 40.8. The number of halogens is 5. The van der Waals surface area contributed by atoms with Crippen LogP contribution in [0.25, 0.3) is 0 Å². The van der Waals surface area contributed by atoms with Gasteiger partial charge in [-0.3, -0.25) is 0 Å². The van der Waals surface area contributed by atoms with Gasteiger partial charge < -0.3 is 5.11 Å². The Hall–Kier alpha value is -1.04. The smallest absolute Gasteiger partial charge is 0.372 e. The summed E-state index contributed by atoms with van der Waals surface area (Å²) >= 11 is 8.82. The van der Waals surface area contributed by atoms with E-state index < -0.39 is 11.8 Å². The molecular formula is C14H9BrClF3O. The Bertz CT molecular complexity index is 548. The first-order valence-electron chi connectivity index (χ1n) is 5.56. The van der Waals surface area contributed by atoms with Crippen molar-refractivity contribution in [2.45, 2.75) is 11.8 Å². The topological polar surface area (TPSA) is 20.2 Å². The molecule has 0 spiro atoms. The number of benzene rings is 2. The summed E-state index contributed by atoms with van der Waals surface area (Å²) in [5.74, 6) is 0. The molecule has 0 saturated heterocycles. The van der Waals surface area contributed by atoms with Crippen LogP contribution in [0.4, 0.5) is 13.2 Å². The van der Waals surface area contributed by atoms with Crippen molar-refractivity contribution in [3.63, 3.8) is 0 Å². The second-order valence-electron chi connectivity index (χ2n) is 4.22. The van der Waals surface area contributed by atoms with Crippen molar-refractivity contribution in [2.75, 3.05) is 0 Å². The molecule has 0 amide bonds. The van der Waals surface area contributed by atoms with E-state index >= 15 is 0 Å². The molecule has 1 N–H and O–H groups in total. The van der Waals surface area contributed by atoms with E-state index in [9.17, 15) is 18.3 Å². The predicted molar refractivity (Wildman–Crippen MR) is 74.6 cm³/mol. The van der Waals surface area contributed by atoms with Gasteiger partial charge in [0.15, 0.2) is 0 Å². The quantitative estimate of drug-likeness (QED) is 0.802. The lowest BCUT2D eigenvalue weighted by atomic mass is 9.86. The highest BCUT2D eigenvalue weighted by Gasteiger charge is 2.56. The minimum Gasteiger partial charge on any atom is -0.372 e. The Morgan fingerprint density at radius 2 is 1.25 bits per heavy atom. The molecule has 20 heavy (non-hydrogen) atoms. The van der Waals surface area contributed by atoms with Crippen LogP contribution in [0.3, 0.4) is 0 Å². The zero-order valence-corrected chi connectivity index (χ0v) is 12.3. The van der Waals surface area contributed by atoms with Crippen LogP contribution in [0, 0.1) is 0 Å². The molecule has 0 aliphatic carbocycles. The van der Waals surface area contributed by atoms with Crippen LogP contribution in [-0.2, 0) is 5.60 Å². The molecule has 0 bridgehead atoms. The maximum Gasteiger partial charge on any atom is 0.425 e. The zero-order chi connectivity index (χ0) is 15.0. The Balaban J connectivity index is 2.62. The van der Waals surface area contributed by atoms with Gasteiger partial charge in [0, 0.05) is 9.50 Å². The maximum absolute atomic E-state index is 13.4. The van der Waals surface area contributed by atoms with Gasteiger partial charge in [-0.2, -0.15) is 13.2 Å². The third kappa shape index (κ3) is 2.71. The SMILES string of the molecule is O[C@](c1ccc(Cl)cc1)(c1ccc(Br)cc1)C(F)(F)F. The summed E-state index contributed by atoms with van der Waals surface area (Å²) in [5.41, 5.74) is -3.61. The van der Waals surface area contributed by atoms with Gasteiger partial charge in [-0.1, -0.05) is 51.8 Å². The van der Waals surface area contributed by atoms with Gasteiger partial charge in [0.05, 0.1) is 0 Å². The monoisotopic (exact) mass is 364 g/mol. The molecule has 0 aliphatic heterocycles. The first-order valence-corrected chi connectivity index (χ1v) is 6.73. The molecular weight excluding hydrogens is 357 g/mol. The molecule has 2 aromatic carbocycles. The van der Waals surface area contributed by atoms with Gasteiger partial charge in [0.2, 0.25) is 5.60 Å².